The monoisotopic (exact) mass is 338 g/mol. The van der Waals surface area contributed by atoms with E-state index < -0.39 is 6.10 Å². The van der Waals surface area contributed by atoms with Crippen LogP contribution in [0.3, 0.4) is 0 Å². The molecule has 0 saturated carbocycles. The fourth-order valence-corrected chi connectivity index (χ4v) is 3.54. The highest BCUT2D eigenvalue weighted by molar-refractivity contribution is 5.58. The Bertz CT molecular complexity index is 932. The lowest BCUT2D eigenvalue weighted by Crippen LogP contribution is -2.19. The summed E-state index contributed by atoms with van der Waals surface area (Å²) in [5.41, 5.74) is 6.00. The fraction of sp³-hybridized carbons (Fsp3) is 0.350. The van der Waals surface area contributed by atoms with E-state index in [1.165, 1.54) is 0 Å². The van der Waals surface area contributed by atoms with Gasteiger partial charge in [0.25, 0.3) is 0 Å². The van der Waals surface area contributed by atoms with Crippen molar-refractivity contribution < 1.29 is 14.6 Å². The van der Waals surface area contributed by atoms with Crippen LogP contribution < -0.4 is 4.74 Å². The van der Waals surface area contributed by atoms with Crippen molar-refractivity contribution >= 4 is 5.65 Å². The maximum atomic E-state index is 10.5. The third kappa shape index (κ3) is 2.69. The normalized spacial score (nSPS) is 19.4. The van der Waals surface area contributed by atoms with E-state index in [1.807, 2.05) is 54.8 Å². The zero-order valence-corrected chi connectivity index (χ0v) is 14.7. The van der Waals surface area contributed by atoms with Crippen molar-refractivity contribution in [2.45, 2.75) is 39.1 Å². The highest BCUT2D eigenvalue weighted by Gasteiger charge is 2.33. The summed E-state index contributed by atoms with van der Waals surface area (Å²) in [4.78, 5) is 4.65. The summed E-state index contributed by atoms with van der Waals surface area (Å²) in [6, 6.07) is 10.00. The molecule has 1 aromatic carbocycles. The van der Waals surface area contributed by atoms with Crippen molar-refractivity contribution in [1.82, 2.24) is 9.38 Å². The highest BCUT2D eigenvalue weighted by Crippen LogP contribution is 2.37. The molecular formula is C20H22N2O3. The van der Waals surface area contributed by atoms with Gasteiger partial charge in [0.05, 0.1) is 18.4 Å². The number of hydrogen-bond donors (Lipinski definition) is 1. The Balaban J connectivity index is 1.80. The number of imidazole rings is 1. The van der Waals surface area contributed by atoms with E-state index in [-0.39, 0.29) is 6.10 Å². The molecule has 0 radical (unpaired) electrons. The van der Waals surface area contributed by atoms with Gasteiger partial charge < -0.3 is 19.0 Å². The molecule has 0 fully saturated rings. The number of rotatable bonds is 4. The minimum Gasteiger partial charge on any atom is -0.479 e. The van der Waals surface area contributed by atoms with E-state index in [0.29, 0.717) is 18.8 Å². The smallest absolute Gasteiger partial charge is 0.180 e. The summed E-state index contributed by atoms with van der Waals surface area (Å²) in [6.07, 6.45) is 1.71. The average molecular weight is 338 g/mol. The third-order valence-corrected chi connectivity index (χ3v) is 4.92. The maximum Gasteiger partial charge on any atom is 0.180 e. The Hall–Kier alpha value is -2.37. The second kappa shape index (κ2) is 6.17. The van der Waals surface area contributed by atoms with Gasteiger partial charge >= 0.3 is 0 Å². The predicted octanol–water partition coefficient (Wildman–Crippen LogP) is 3.13. The summed E-state index contributed by atoms with van der Waals surface area (Å²) >= 11 is 0. The molecule has 0 unspecified atom stereocenters. The Labute approximate surface area is 146 Å². The van der Waals surface area contributed by atoms with Gasteiger partial charge in [-0.25, -0.2) is 4.98 Å². The van der Waals surface area contributed by atoms with Gasteiger partial charge in [-0.3, -0.25) is 0 Å². The second-order valence-electron chi connectivity index (χ2n) is 6.63. The van der Waals surface area contributed by atoms with Crippen LogP contribution in [0.4, 0.5) is 0 Å². The highest BCUT2D eigenvalue weighted by atomic mass is 16.5. The third-order valence-electron chi connectivity index (χ3n) is 4.92. The molecule has 1 N–H and O–H groups in total. The molecule has 0 bridgehead atoms. The van der Waals surface area contributed by atoms with Gasteiger partial charge in [0.1, 0.15) is 0 Å². The predicted molar refractivity (Wildman–Crippen MR) is 94.9 cm³/mol. The summed E-state index contributed by atoms with van der Waals surface area (Å²) < 4.78 is 13.6. The summed E-state index contributed by atoms with van der Waals surface area (Å²) in [5, 5.41) is 10.5. The standard InChI is InChI=1S/C20H22N2O3/c1-12-13(2)22-10-14(11-24-3)8-18(20(22)21-12)25-19-16-7-5-4-6-15(16)9-17(19)23/h4-8,10,17,19,23H,9,11H2,1-3H3/t17-,19-/m1/s1. The largest absolute Gasteiger partial charge is 0.479 e. The number of methoxy groups -OCH3 is 1. The minimum atomic E-state index is -0.555. The van der Waals surface area contributed by atoms with Crippen LogP contribution in [0.2, 0.25) is 0 Å². The van der Waals surface area contributed by atoms with Crippen LogP contribution in [0.5, 0.6) is 5.75 Å². The van der Waals surface area contributed by atoms with Gasteiger partial charge in [0.15, 0.2) is 17.5 Å². The van der Waals surface area contributed by atoms with Crippen molar-refractivity contribution in [3.05, 3.63) is 64.6 Å². The first kappa shape index (κ1) is 16.1. The minimum absolute atomic E-state index is 0.380. The first-order valence-electron chi connectivity index (χ1n) is 8.48. The number of ether oxygens (including phenoxy) is 2. The zero-order chi connectivity index (χ0) is 17.6. The van der Waals surface area contributed by atoms with Gasteiger partial charge in [-0.2, -0.15) is 0 Å². The Kier molecular flexibility index (Phi) is 3.98. The molecule has 5 nitrogen and oxygen atoms in total. The molecule has 4 rings (SSSR count). The molecule has 2 heterocycles. The number of benzene rings is 1. The number of aryl methyl sites for hydroxylation is 2. The van der Waals surface area contributed by atoms with Crippen molar-refractivity contribution in [3.63, 3.8) is 0 Å². The van der Waals surface area contributed by atoms with Gasteiger partial charge in [0, 0.05) is 25.4 Å². The number of aromatic nitrogens is 2. The molecule has 1 aliphatic carbocycles. The molecular weight excluding hydrogens is 316 g/mol. The van der Waals surface area contributed by atoms with Crippen LogP contribution in [0, 0.1) is 13.8 Å². The van der Waals surface area contributed by atoms with Gasteiger partial charge in [-0.1, -0.05) is 24.3 Å². The molecule has 5 heteroatoms. The Morgan fingerprint density at radius 2 is 2.08 bits per heavy atom. The molecule has 25 heavy (non-hydrogen) atoms. The number of aliphatic hydroxyl groups is 1. The van der Waals surface area contributed by atoms with Gasteiger partial charge in [-0.15, -0.1) is 0 Å². The van der Waals surface area contributed by atoms with Crippen molar-refractivity contribution in [1.29, 1.82) is 0 Å². The van der Waals surface area contributed by atoms with Crippen LogP contribution in [0.15, 0.2) is 36.5 Å². The van der Waals surface area contributed by atoms with E-state index in [4.69, 9.17) is 9.47 Å². The number of pyridine rings is 1. The molecule has 0 saturated heterocycles. The molecule has 1 aliphatic rings. The topological polar surface area (TPSA) is 56.0 Å². The van der Waals surface area contributed by atoms with Crippen molar-refractivity contribution in [2.75, 3.05) is 7.11 Å². The van der Waals surface area contributed by atoms with Crippen molar-refractivity contribution in [2.24, 2.45) is 0 Å². The SMILES string of the molecule is COCc1cc(O[C@@H]2c3ccccc3C[C@H]2O)c2nc(C)c(C)n2c1. The van der Waals surface area contributed by atoms with Gasteiger partial charge in [-0.05, 0) is 36.6 Å². The molecule has 130 valence electrons. The van der Waals surface area contributed by atoms with E-state index in [0.717, 1.165) is 33.7 Å². The lowest BCUT2D eigenvalue weighted by atomic mass is 10.1. The zero-order valence-electron chi connectivity index (χ0n) is 14.7. The fourth-order valence-electron chi connectivity index (χ4n) is 3.54. The number of hydrogen-bond acceptors (Lipinski definition) is 4. The molecule has 2 aromatic heterocycles. The first-order chi connectivity index (χ1) is 12.1. The van der Waals surface area contributed by atoms with Crippen LogP contribution in [-0.2, 0) is 17.8 Å². The number of aliphatic hydroxyl groups excluding tert-OH is 1. The summed E-state index contributed by atoms with van der Waals surface area (Å²) in [7, 11) is 1.67. The average Bonchev–Trinajstić information content (AvgIpc) is 3.06. The maximum absolute atomic E-state index is 10.5. The molecule has 3 aromatic rings. The van der Waals surface area contributed by atoms with Crippen LogP contribution in [-0.4, -0.2) is 27.7 Å². The second-order valence-corrected chi connectivity index (χ2v) is 6.63. The number of fused-ring (bicyclic) bond motifs is 2. The lowest BCUT2D eigenvalue weighted by molar-refractivity contribution is 0.0500. The Morgan fingerprint density at radius 3 is 2.88 bits per heavy atom. The summed E-state index contributed by atoms with van der Waals surface area (Å²) in [6.45, 7) is 4.52. The van der Waals surface area contributed by atoms with Crippen LogP contribution >= 0.6 is 0 Å². The molecule has 0 amide bonds. The molecule has 2 atom stereocenters. The van der Waals surface area contributed by atoms with E-state index in [1.54, 1.807) is 7.11 Å². The summed E-state index contributed by atoms with van der Waals surface area (Å²) in [5.74, 6) is 0.673. The quantitative estimate of drug-likeness (QED) is 0.794. The van der Waals surface area contributed by atoms with Crippen LogP contribution in [0.25, 0.3) is 5.65 Å². The molecule has 0 aliphatic heterocycles. The van der Waals surface area contributed by atoms with Crippen molar-refractivity contribution in [3.8, 4) is 5.75 Å². The lowest BCUT2D eigenvalue weighted by Gasteiger charge is -2.19. The van der Waals surface area contributed by atoms with E-state index in [2.05, 4.69) is 4.98 Å². The Morgan fingerprint density at radius 1 is 1.28 bits per heavy atom. The van der Waals surface area contributed by atoms with Gasteiger partial charge in [0.2, 0.25) is 0 Å². The van der Waals surface area contributed by atoms with E-state index in [9.17, 15) is 5.11 Å². The van der Waals surface area contributed by atoms with Crippen LogP contribution in [0.1, 0.15) is 34.2 Å². The molecule has 0 spiro atoms. The first-order valence-corrected chi connectivity index (χ1v) is 8.48. The number of nitrogens with zero attached hydrogens (tertiary/aromatic N) is 2. The van der Waals surface area contributed by atoms with E-state index >= 15 is 0 Å².